The van der Waals surface area contributed by atoms with Crippen LogP contribution in [0.2, 0.25) is 0 Å². The fourth-order valence-corrected chi connectivity index (χ4v) is 4.41. The zero-order chi connectivity index (χ0) is 17.2. The molecule has 7 nitrogen and oxygen atoms in total. The van der Waals surface area contributed by atoms with Crippen LogP contribution in [0, 0.1) is 0 Å². The molecule has 0 amide bonds. The van der Waals surface area contributed by atoms with Crippen molar-refractivity contribution in [3.05, 3.63) is 33.7 Å². The van der Waals surface area contributed by atoms with Gasteiger partial charge in [0, 0.05) is 36.8 Å². The Hall–Kier alpha value is -1.29. The molecule has 1 aliphatic rings. The molecule has 0 unspecified atom stereocenters. The second kappa shape index (κ2) is 7.30. The molecule has 3 heterocycles. The lowest BCUT2D eigenvalue weighted by Gasteiger charge is -2.35. The minimum absolute atomic E-state index is 0.0523. The molecule has 1 aliphatic heterocycles. The Morgan fingerprint density at radius 3 is 3.04 bits per heavy atom. The van der Waals surface area contributed by atoms with E-state index in [0.29, 0.717) is 24.1 Å². The number of fused-ring (bicyclic) bond motifs is 1. The maximum Gasteiger partial charge on any atom is 0.258 e. The van der Waals surface area contributed by atoms with Gasteiger partial charge in [-0.2, -0.15) is 0 Å². The molecule has 2 aromatic heterocycles. The van der Waals surface area contributed by atoms with Crippen LogP contribution in [0.3, 0.4) is 0 Å². The van der Waals surface area contributed by atoms with Gasteiger partial charge in [0.2, 0.25) is 10.0 Å². The fraction of sp³-hybridized carbons (Fsp3) is 0.600. The smallest absolute Gasteiger partial charge is 0.258 e. The van der Waals surface area contributed by atoms with Crippen molar-refractivity contribution in [3.8, 4) is 0 Å². The lowest BCUT2D eigenvalue weighted by Crippen LogP contribution is -2.41. The average molecular weight is 371 g/mol. The summed E-state index contributed by atoms with van der Waals surface area (Å²) in [5, 5.41) is 1.86. The summed E-state index contributed by atoms with van der Waals surface area (Å²) in [6.45, 7) is 2.03. The third-order valence-electron chi connectivity index (χ3n) is 4.31. The number of sulfonamides is 1. The van der Waals surface area contributed by atoms with Crippen LogP contribution in [0.15, 0.2) is 22.4 Å². The van der Waals surface area contributed by atoms with Crippen molar-refractivity contribution in [2.75, 3.05) is 19.3 Å². The molecule has 0 bridgehead atoms. The predicted octanol–water partition coefficient (Wildman–Crippen LogP) is 1.05. The Labute approximate surface area is 145 Å². The molecule has 0 aromatic carbocycles. The quantitative estimate of drug-likeness (QED) is 0.822. The highest BCUT2D eigenvalue weighted by atomic mass is 32.2. The minimum atomic E-state index is -3.15. The van der Waals surface area contributed by atoms with Crippen molar-refractivity contribution >= 4 is 26.3 Å². The Morgan fingerprint density at radius 1 is 1.42 bits per heavy atom. The van der Waals surface area contributed by atoms with E-state index in [4.69, 9.17) is 0 Å². The van der Waals surface area contributed by atoms with Crippen LogP contribution in [0.1, 0.15) is 31.4 Å². The maximum absolute atomic E-state index is 12.1. The van der Waals surface area contributed by atoms with Gasteiger partial charge in [-0.25, -0.2) is 18.1 Å². The van der Waals surface area contributed by atoms with Gasteiger partial charge in [0.1, 0.15) is 0 Å². The Balaban J connectivity index is 1.69. The maximum atomic E-state index is 12.1. The first-order valence-electron chi connectivity index (χ1n) is 8.07. The van der Waals surface area contributed by atoms with Crippen molar-refractivity contribution in [2.24, 2.45) is 0 Å². The number of nitrogens with one attached hydrogen (secondary N) is 1. The monoisotopic (exact) mass is 370 g/mol. The van der Waals surface area contributed by atoms with Crippen LogP contribution in [-0.2, 0) is 16.6 Å². The summed E-state index contributed by atoms with van der Waals surface area (Å²) in [5.41, 5.74) is 0.731. The summed E-state index contributed by atoms with van der Waals surface area (Å²) in [7, 11) is -3.15. The van der Waals surface area contributed by atoms with Gasteiger partial charge >= 0.3 is 0 Å². The number of nitrogens with zero attached hydrogens (tertiary/aromatic N) is 3. The van der Waals surface area contributed by atoms with Crippen molar-refractivity contribution < 1.29 is 8.42 Å². The molecular weight excluding hydrogens is 348 g/mol. The standard InChI is InChI=1S/C15H22N4O3S2/c1-24(21,22)16-6-5-13-4-2-3-7-18(13)11-12-10-14(20)19-8-9-23-15(19)17-12/h8-10,13,16H,2-7,11H2,1H3/t13-/m1/s1. The largest absolute Gasteiger partial charge is 0.295 e. The van der Waals surface area contributed by atoms with Gasteiger partial charge in [-0.1, -0.05) is 6.42 Å². The second-order valence-corrected chi connectivity index (χ2v) is 8.92. The molecular formula is C15H22N4O3S2. The summed E-state index contributed by atoms with van der Waals surface area (Å²) in [5.74, 6) is 0. The molecule has 0 saturated carbocycles. The highest BCUT2D eigenvalue weighted by molar-refractivity contribution is 7.88. The summed E-state index contributed by atoms with van der Waals surface area (Å²) < 4.78 is 26.5. The van der Waals surface area contributed by atoms with Crippen LogP contribution in [0.25, 0.3) is 4.96 Å². The zero-order valence-corrected chi connectivity index (χ0v) is 15.3. The molecule has 1 fully saturated rings. The van der Waals surface area contributed by atoms with Crippen LogP contribution in [0.5, 0.6) is 0 Å². The number of aromatic nitrogens is 2. The molecule has 1 N–H and O–H groups in total. The summed E-state index contributed by atoms with van der Waals surface area (Å²) >= 11 is 1.45. The number of hydrogen-bond acceptors (Lipinski definition) is 6. The van der Waals surface area contributed by atoms with Gasteiger partial charge in [-0.15, -0.1) is 11.3 Å². The predicted molar refractivity (Wildman–Crippen MR) is 94.9 cm³/mol. The van der Waals surface area contributed by atoms with Crippen molar-refractivity contribution in [3.63, 3.8) is 0 Å². The number of piperidine rings is 1. The van der Waals surface area contributed by atoms with E-state index in [2.05, 4.69) is 14.6 Å². The second-order valence-electron chi connectivity index (χ2n) is 6.22. The molecule has 9 heteroatoms. The van der Waals surface area contributed by atoms with Crippen LogP contribution < -0.4 is 10.3 Å². The SMILES string of the molecule is CS(=O)(=O)NCC[C@H]1CCCCN1Cc1cc(=O)n2ccsc2n1. The Kier molecular flexibility index (Phi) is 5.33. The number of likely N-dealkylation sites (tertiary alicyclic amines) is 1. The van der Waals surface area contributed by atoms with E-state index in [1.54, 1.807) is 16.7 Å². The summed E-state index contributed by atoms with van der Waals surface area (Å²) in [4.78, 5) is 19.7. The van der Waals surface area contributed by atoms with Crippen LogP contribution in [-0.4, -0.2) is 48.1 Å². The van der Waals surface area contributed by atoms with Gasteiger partial charge in [-0.3, -0.25) is 14.1 Å². The molecule has 0 spiro atoms. The van der Waals surface area contributed by atoms with E-state index < -0.39 is 10.0 Å². The van der Waals surface area contributed by atoms with Gasteiger partial charge < -0.3 is 0 Å². The van der Waals surface area contributed by atoms with Crippen LogP contribution in [0.4, 0.5) is 0 Å². The number of rotatable bonds is 6. The zero-order valence-electron chi connectivity index (χ0n) is 13.6. The molecule has 24 heavy (non-hydrogen) atoms. The fourth-order valence-electron chi connectivity index (χ4n) is 3.18. The third-order valence-corrected chi connectivity index (χ3v) is 5.80. The first kappa shape index (κ1) is 17.5. The number of thiazole rings is 1. The van der Waals surface area contributed by atoms with Gasteiger partial charge in [-0.05, 0) is 25.8 Å². The molecule has 1 saturated heterocycles. The van der Waals surface area contributed by atoms with Crippen molar-refractivity contribution in [2.45, 2.75) is 38.3 Å². The lowest BCUT2D eigenvalue weighted by atomic mass is 9.99. The summed E-state index contributed by atoms with van der Waals surface area (Å²) in [6.07, 6.45) is 7.01. The van der Waals surface area contributed by atoms with Crippen molar-refractivity contribution in [1.82, 2.24) is 19.0 Å². The summed E-state index contributed by atoms with van der Waals surface area (Å²) in [6, 6.07) is 1.91. The molecule has 2 aromatic rings. The molecule has 1 atom stereocenters. The normalized spacial score (nSPS) is 19.8. The van der Waals surface area contributed by atoms with E-state index in [9.17, 15) is 13.2 Å². The van der Waals surface area contributed by atoms with Crippen molar-refractivity contribution in [1.29, 1.82) is 0 Å². The first-order chi connectivity index (χ1) is 11.4. The first-order valence-corrected chi connectivity index (χ1v) is 10.8. The minimum Gasteiger partial charge on any atom is -0.295 e. The topological polar surface area (TPSA) is 83.8 Å². The van der Waals surface area contributed by atoms with Gasteiger partial charge in [0.25, 0.3) is 5.56 Å². The van der Waals surface area contributed by atoms with Gasteiger partial charge in [0.15, 0.2) is 4.96 Å². The Bertz CT molecular complexity index is 859. The van der Waals surface area contributed by atoms with E-state index in [-0.39, 0.29) is 5.56 Å². The average Bonchev–Trinajstić information content (AvgIpc) is 2.97. The number of hydrogen-bond donors (Lipinski definition) is 1. The molecule has 3 rings (SSSR count). The van der Waals surface area contributed by atoms with E-state index >= 15 is 0 Å². The van der Waals surface area contributed by atoms with E-state index in [1.165, 1.54) is 17.6 Å². The Morgan fingerprint density at radius 2 is 2.25 bits per heavy atom. The lowest BCUT2D eigenvalue weighted by molar-refractivity contribution is 0.131. The van der Waals surface area contributed by atoms with E-state index in [1.807, 2.05) is 5.38 Å². The highest BCUT2D eigenvalue weighted by Crippen LogP contribution is 2.21. The van der Waals surface area contributed by atoms with Crippen LogP contribution >= 0.6 is 11.3 Å². The molecule has 0 radical (unpaired) electrons. The van der Waals surface area contributed by atoms with E-state index in [0.717, 1.165) is 37.9 Å². The third kappa shape index (κ3) is 4.41. The molecule has 0 aliphatic carbocycles. The molecule has 132 valence electrons. The highest BCUT2D eigenvalue weighted by Gasteiger charge is 2.23. The van der Waals surface area contributed by atoms with Gasteiger partial charge in [0.05, 0.1) is 11.9 Å².